The van der Waals surface area contributed by atoms with Gasteiger partial charge in [-0.2, -0.15) is 5.10 Å². The van der Waals surface area contributed by atoms with Crippen molar-refractivity contribution < 1.29 is 14.0 Å². The molecule has 23 heavy (non-hydrogen) atoms. The van der Waals surface area contributed by atoms with Crippen LogP contribution in [-0.4, -0.2) is 47.9 Å². The molecule has 6 nitrogen and oxygen atoms in total. The Balaban J connectivity index is 1.85. The fourth-order valence-corrected chi connectivity index (χ4v) is 3.06. The molecule has 2 fully saturated rings. The van der Waals surface area contributed by atoms with E-state index >= 15 is 0 Å². The van der Waals surface area contributed by atoms with E-state index < -0.39 is 7.12 Å². The predicted octanol–water partition coefficient (Wildman–Crippen LogP) is 1.61. The summed E-state index contributed by atoms with van der Waals surface area (Å²) < 4.78 is 19.6. The fourth-order valence-electron chi connectivity index (χ4n) is 3.06. The predicted molar refractivity (Wildman–Crippen MR) is 87.4 cm³/mol. The second kappa shape index (κ2) is 5.62. The molecule has 0 unspecified atom stereocenters. The van der Waals surface area contributed by atoms with Crippen molar-refractivity contribution in [1.82, 2.24) is 9.78 Å². The van der Waals surface area contributed by atoms with E-state index in [1.54, 1.807) is 6.20 Å². The van der Waals surface area contributed by atoms with Crippen LogP contribution < -0.4 is 5.46 Å². The van der Waals surface area contributed by atoms with Crippen LogP contribution in [0.3, 0.4) is 0 Å². The highest BCUT2D eigenvalue weighted by molar-refractivity contribution is 6.62. The fraction of sp³-hybridized carbons (Fsp3) is 0.750. The second-order valence-electron chi connectivity index (χ2n) is 7.46. The first kappa shape index (κ1) is 16.5. The molecule has 0 aliphatic carbocycles. The van der Waals surface area contributed by atoms with E-state index in [9.17, 15) is 0 Å². The second-order valence-corrected chi connectivity index (χ2v) is 7.46. The van der Waals surface area contributed by atoms with Gasteiger partial charge in [-0.3, -0.25) is 4.68 Å². The molecule has 2 aliphatic rings. The van der Waals surface area contributed by atoms with E-state index in [4.69, 9.17) is 20.6 Å². The Kier molecular flexibility index (Phi) is 4.03. The van der Waals surface area contributed by atoms with Crippen molar-refractivity contribution in [3.8, 4) is 0 Å². The van der Waals surface area contributed by atoms with E-state index in [0.29, 0.717) is 19.8 Å². The molecule has 0 saturated carbocycles. The quantitative estimate of drug-likeness (QED) is 0.628. The smallest absolute Gasteiger partial charge is 0.399 e. The minimum Gasteiger partial charge on any atom is -0.399 e. The van der Waals surface area contributed by atoms with Crippen LogP contribution in [0, 0.1) is 6.57 Å². The minimum absolute atomic E-state index is 0.276. The number of ether oxygens (including phenoxy) is 1. The van der Waals surface area contributed by atoms with Crippen molar-refractivity contribution in [1.29, 1.82) is 0 Å². The summed E-state index contributed by atoms with van der Waals surface area (Å²) in [6.45, 7) is 17.2. The highest BCUT2D eigenvalue weighted by Gasteiger charge is 2.52. The average Bonchev–Trinajstić information content (AvgIpc) is 3.04. The lowest BCUT2D eigenvalue weighted by Gasteiger charge is -2.33. The SMILES string of the molecule is [C-]#[N+]CC1(n2cc(B3OC(C)(C)C(C)(C)O3)cn2)CCOCC1. The third-order valence-electron chi connectivity index (χ3n) is 5.41. The molecular weight excluding hydrogens is 293 g/mol. The zero-order valence-electron chi connectivity index (χ0n) is 14.3. The zero-order valence-corrected chi connectivity index (χ0v) is 14.3. The van der Waals surface area contributed by atoms with E-state index in [1.165, 1.54) is 0 Å². The van der Waals surface area contributed by atoms with Gasteiger partial charge < -0.3 is 18.9 Å². The van der Waals surface area contributed by atoms with Gasteiger partial charge in [-0.1, -0.05) is 0 Å². The van der Waals surface area contributed by atoms with Gasteiger partial charge in [0.15, 0.2) is 0 Å². The van der Waals surface area contributed by atoms with Crippen LogP contribution in [0.1, 0.15) is 40.5 Å². The molecule has 3 rings (SSSR count). The van der Waals surface area contributed by atoms with Gasteiger partial charge >= 0.3 is 7.12 Å². The van der Waals surface area contributed by atoms with Crippen LogP contribution >= 0.6 is 0 Å². The van der Waals surface area contributed by atoms with Crippen molar-refractivity contribution in [2.45, 2.75) is 57.3 Å². The Hall–Kier alpha value is -1.36. The third kappa shape index (κ3) is 2.80. The number of nitrogens with zero attached hydrogens (tertiary/aromatic N) is 3. The largest absolute Gasteiger partial charge is 0.498 e. The van der Waals surface area contributed by atoms with Gasteiger partial charge in [-0.05, 0) is 27.7 Å². The molecule has 124 valence electrons. The van der Waals surface area contributed by atoms with Crippen molar-refractivity contribution in [3.05, 3.63) is 23.8 Å². The Morgan fingerprint density at radius 2 is 1.83 bits per heavy atom. The molecule has 2 aliphatic heterocycles. The molecule has 0 amide bonds. The van der Waals surface area contributed by atoms with Gasteiger partial charge in [0.1, 0.15) is 5.54 Å². The lowest BCUT2D eigenvalue weighted by molar-refractivity contribution is 0.00578. The molecule has 7 heteroatoms. The van der Waals surface area contributed by atoms with Crippen molar-refractivity contribution in [2.24, 2.45) is 0 Å². The van der Waals surface area contributed by atoms with Crippen LogP contribution in [0.15, 0.2) is 12.4 Å². The van der Waals surface area contributed by atoms with Gasteiger partial charge in [-0.25, -0.2) is 6.57 Å². The monoisotopic (exact) mass is 317 g/mol. The standard InChI is InChI=1S/C16H24BN3O3/c1-14(2)15(3,4)23-17(22-14)13-10-19-20(11-13)16(12-18-5)6-8-21-9-7-16/h10-11H,6-9,12H2,1-4H3. The summed E-state index contributed by atoms with van der Waals surface area (Å²) in [7, 11) is -0.418. The topological polar surface area (TPSA) is 49.9 Å². The summed E-state index contributed by atoms with van der Waals surface area (Å²) >= 11 is 0. The summed E-state index contributed by atoms with van der Waals surface area (Å²) in [6, 6.07) is 0. The van der Waals surface area contributed by atoms with Gasteiger partial charge in [0, 0.05) is 43.9 Å². The van der Waals surface area contributed by atoms with Crippen LogP contribution in [-0.2, 0) is 19.6 Å². The maximum Gasteiger partial charge on any atom is 0.498 e. The molecule has 0 bridgehead atoms. The number of hydrogen-bond donors (Lipinski definition) is 0. The first-order valence-corrected chi connectivity index (χ1v) is 8.11. The molecule has 0 atom stereocenters. The number of aromatic nitrogens is 2. The molecule has 1 aromatic heterocycles. The van der Waals surface area contributed by atoms with Crippen molar-refractivity contribution >= 4 is 12.6 Å². The maximum absolute atomic E-state index is 7.28. The lowest BCUT2D eigenvalue weighted by atomic mass is 9.81. The van der Waals surface area contributed by atoms with Crippen LogP contribution in [0.5, 0.6) is 0 Å². The normalized spacial score (nSPS) is 25.3. The van der Waals surface area contributed by atoms with Gasteiger partial charge in [0.2, 0.25) is 6.54 Å². The Morgan fingerprint density at radius 3 is 2.39 bits per heavy atom. The molecule has 1 aromatic rings. The summed E-state index contributed by atoms with van der Waals surface area (Å²) in [5, 5.41) is 4.53. The molecular formula is C16H24BN3O3. The Labute approximate surface area is 138 Å². The van der Waals surface area contributed by atoms with E-state index in [-0.39, 0.29) is 16.7 Å². The molecule has 2 saturated heterocycles. The molecule has 0 radical (unpaired) electrons. The summed E-state index contributed by atoms with van der Waals surface area (Å²) in [5.74, 6) is 0. The van der Waals surface area contributed by atoms with Crippen LogP contribution in [0.2, 0.25) is 0 Å². The van der Waals surface area contributed by atoms with E-state index in [2.05, 4.69) is 9.94 Å². The first-order valence-electron chi connectivity index (χ1n) is 8.11. The highest BCUT2D eigenvalue weighted by atomic mass is 16.7. The van der Waals surface area contributed by atoms with Gasteiger partial charge in [-0.15, -0.1) is 0 Å². The van der Waals surface area contributed by atoms with Crippen LogP contribution in [0.4, 0.5) is 0 Å². The number of rotatable bonds is 3. The minimum atomic E-state index is -0.418. The van der Waals surface area contributed by atoms with E-state index in [0.717, 1.165) is 18.3 Å². The summed E-state index contributed by atoms with van der Waals surface area (Å²) in [4.78, 5) is 3.63. The maximum atomic E-state index is 7.28. The lowest BCUT2D eigenvalue weighted by Crippen LogP contribution is -2.43. The zero-order chi connectivity index (χ0) is 16.7. The summed E-state index contributed by atoms with van der Waals surface area (Å²) in [5.41, 5.74) is -0.110. The Morgan fingerprint density at radius 1 is 1.22 bits per heavy atom. The summed E-state index contributed by atoms with van der Waals surface area (Å²) in [6.07, 6.45) is 5.38. The van der Waals surface area contributed by atoms with Crippen molar-refractivity contribution in [3.63, 3.8) is 0 Å². The molecule has 0 aromatic carbocycles. The third-order valence-corrected chi connectivity index (χ3v) is 5.41. The average molecular weight is 317 g/mol. The molecule has 0 spiro atoms. The molecule has 0 N–H and O–H groups in total. The molecule has 3 heterocycles. The van der Waals surface area contributed by atoms with Gasteiger partial charge in [0.25, 0.3) is 0 Å². The Bertz CT molecular complexity index is 598. The first-order chi connectivity index (χ1) is 10.8. The van der Waals surface area contributed by atoms with Gasteiger partial charge in [0.05, 0.1) is 11.2 Å². The number of hydrogen-bond acceptors (Lipinski definition) is 4. The van der Waals surface area contributed by atoms with E-state index in [1.807, 2.05) is 38.6 Å². The van der Waals surface area contributed by atoms with Crippen molar-refractivity contribution in [2.75, 3.05) is 19.8 Å². The van der Waals surface area contributed by atoms with Crippen LogP contribution in [0.25, 0.3) is 4.85 Å². The highest BCUT2D eigenvalue weighted by Crippen LogP contribution is 2.36.